The summed E-state index contributed by atoms with van der Waals surface area (Å²) in [4.78, 5) is 20.7. The lowest BCUT2D eigenvalue weighted by atomic mass is 10.1. The van der Waals surface area contributed by atoms with Crippen LogP contribution in [0.3, 0.4) is 0 Å². The highest BCUT2D eigenvalue weighted by atomic mass is 32.1. The molecule has 0 amide bonds. The Balaban J connectivity index is 1.32. The molecule has 1 saturated heterocycles. The van der Waals surface area contributed by atoms with E-state index in [1.807, 2.05) is 18.2 Å². The maximum atomic E-state index is 11.1. The van der Waals surface area contributed by atoms with Crippen molar-refractivity contribution in [1.82, 2.24) is 14.8 Å². The van der Waals surface area contributed by atoms with Crippen LogP contribution < -0.4 is 0 Å². The molecule has 1 fully saturated rings. The van der Waals surface area contributed by atoms with E-state index in [-0.39, 0.29) is 0 Å². The molecule has 1 aromatic heterocycles. The molecule has 0 saturated carbocycles. The number of fused-ring (bicyclic) bond motifs is 1. The minimum Gasteiger partial charge on any atom is -0.478 e. The lowest BCUT2D eigenvalue weighted by molar-refractivity contribution is 0.0696. The molecule has 134 valence electrons. The molecule has 0 bridgehead atoms. The van der Waals surface area contributed by atoms with Gasteiger partial charge in [-0.25, -0.2) is 9.78 Å². The summed E-state index contributed by atoms with van der Waals surface area (Å²) in [6.07, 6.45) is 0. The summed E-state index contributed by atoms with van der Waals surface area (Å²) >= 11 is 1.78. The maximum Gasteiger partial charge on any atom is 0.335 e. The maximum absolute atomic E-state index is 11.1. The highest BCUT2D eigenvalue weighted by Gasteiger charge is 2.18. The van der Waals surface area contributed by atoms with Gasteiger partial charge >= 0.3 is 5.97 Å². The Hall–Kier alpha value is -2.28. The first kappa shape index (κ1) is 17.1. The number of nitrogens with zero attached hydrogens (tertiary/aromatic N) is 3. The number of carboxylic acids is 1. The van der Waals surface area contributed by atoms with Gasteiger partial charge in [0.1, 0.15) is 5.01 Å². The first-order valence-corrected chi connectivity index (χ1v) is 9.60. The number of rotatable bonds is 5. The number of aromatic carboxylic acids is 1. The molecule has 0 spiro atoms. The van der Waals surface area contributed by atoms with Gasteiger partial charge in [0.05, 0.1) is 22.3 Å². The Morgan fingerprint density at radius 1 is 1.00 bits per heavy atom. The van der Waals surface area contributed by atoms with Gasteiger partial charge in [-0.05, 0) is 29.8 Å². The third kappa shape index (κ3) is 3.93. The van der Waals surface area contributed by atoms with E-state index < -0.39 is 5.97 Å². The molecule has 6 heteroatoms. The van der Waals surface area contributed by atoms with Gasteiger partial charge in [-0.15, -0.1) is 11.3 Å². The van der Waals surface area contributed by atoms with Gasteiger partial charge in [0, 0.05) is 32.7 Å². The van der Waals surface area contributed by atoms with E-state index in [9.17, 15) is 4.79 Å². The van der Waals surface area contributed by atoms with Gasteiger partial charge in [-0.3, -0.25) is 9.80 Å². The Morgan fingerprint density at radius 3 is 2.46 bits per heavy atom. The molecule has 1 aliphatic rings. The molecule has 1 aliphatic heterocycles. The van der Waals surface area contributed by atoms with Crippen LogP contribution in [0.5, 0.6) is 0 Å². The number of hydrogen-bond donors (Lipinski definition) is 1. The third-order valence-corrected chi connectivity index (χ3v) is 5.76. The molecule has 0 radical (unpaired) electrons. The van der Waals surface area contributed by atoms with E-state index in [4.69, 9.17) is 10.1 Å². The van der Waals surface area contributed by atoms with Crippen LogP contribution in [0.15, 0.2) is 48.5 Å². The topological polar surface area (TPSA) is 56.7 Å². The smallest absolute Gasteiger partial charge is 0.335 e. The van der Waals surface area contributed by atoms with Crippen LogP contribution in [0.25, 0.3) is 10.2 Å². The van der Waals surface area contributed by atoms with Crippen LogP contribution in [0.2, 0.25) is 0 Å². The van der Waals surface area contributed by atoms with Crippen molar-refractivity contribution < 1.29 is 9.90 Å². The number of benzene rings is 2. The van der Waals surface area contributed by atoms with Crippen LogP contribution in [-0.2, 0) is 13.1 Å². The van der Waals surface area contributed by atoms with Crippen molar-refractivity contribution in [3.8, 4) is 0 Å². The highest BCUT2D eigenvalue weighted by Crippen LogP contribution is 2.23. The fraction of sp³-hybridized carbons (Fsp3) is 0.300. The molecule has 1 N–H and O–H groups in total. The van der Waals surface area contributed by atoms with E-state index in [2.05, 4.69) is 28.0 Å². The number of hydrogen-bond acceptors (Lipinski definition) is 5. The van der Waals surface area contributed by atoms with Crippen molar-refractivity contribution in [3.63, 3.8) is 0 Å². The fourth-order valence-electron chi connectivity index (χ4n) is 3.35. The molecule has 4 rings (SSSR count). The van der Waals surface area contributed by atoms with Gasteiger partial charge in [-0.1, -0.05) is 24.3 Å². The van der Waals surface area contributed by atoms with Gasteiger partial charge in [-0.2, -0.15) is 0 Å². The van der Waals surface area contributed by atoms with Gasteiger partial charge in [0.25, 0.3) is 0 Å². The lowest BCUT2D eigenvalue weighted by Gasteiger charge is -2.34. The summed E-state index contributed by atoms with van der Waals surface area (Å²) in [5.74, 6) is -0.868. The molecular weight excluding hydrogens is 346 g/mol. The van der Waals surface area contributed by atoms with E-state index in [1.165, 1.54) is 9.71 Å². The molecule has 26 heavy (non-hydrogen) atoms. The predicted octanol–water partition coefficient (Wildman–Crippen LogP) is 3.31. The first-order chi connectivity index (χ1) is 12.7. The molecule has 0 atom stereocenters. The van der Waals surface area contributed by atoms with Crippen molar-refractivity contribution in [2.45, 2.75) is 13.1 Å². The molecule has 5 nitrogen and oxygen atoms in total. The molecular formula is C20H21N3O2S. The summed E-state index contributed by atoms with van der Waals surface area (Å²) in [5, 5.41) is 10.3. The van der Waals surface area contributed by atoms with Crippen LogP contribution in [0, 0.1) is 0 Å². The normalized spacial score (nSPS) is 16.2. The van der Waals surface area contributed by atoms with Crippen LogP contribution in [0.4, 0.5) is 0 Å². The number of carboxylic acid groups (broad SMARTS) is 1. The van der Waals surface area contributed by atoms with Crippen LogP contribution in [0.1, 0.15) is 20.9 Å². The van der Waals surface area contributed by atoms with Crippen LogP contribution >= 0.6 is 11.3 Å². The zero-order chi connectivity index (χ0) is 17.9. The minimum atomic E-state index is -0.868. The Kier molecular flexibility index (Phi) is 4.97. The zero-order valence-electron chi connectivity index (χ0n) is 14.5. The van der Waals surface area contributed by atoms with Crippen molar-refractivity contribution in [2.24, 2.45) is 0 Å². The molecule has 2 aromatic carbocycles. The average molecular weight is 367 g/mol. The van der Waals surface area contributed by atoms with Crippen molar-refractivity contribution in [1.29, 1.82) is 0 Å². The largest absolute Gasteiger partial charge is 0.478 e. The Morgan fingerprint density at radius 2 is 1.73 bits per heavy atom. The summed E-state index contributed by atoms with van der Waals surface area (Å²) < 4.78 is 1.25. The minimum absolute atomic E-state index is 0.358. The first-order valence-electron chi connectivity index (χ1n) is 8.79. The molecule has 0 aliphatic carbocycles. The second kappa shape index (κ2) is 7.53. The van der Waals surface area contributed by atoms with E-state index in [0.29, 0.717) is 5.56 Å². The van der Waals surface area contributed by atoms with Gasteiger partial charge in [0.15, 0.2) is 0 Å². The quantitative estimate of drug-likeness (QED) is 0.750. The van der Waals surface area contributed by atoms with Crippen molar-refractivity contribution >= 4 is 27.5 Å². The number of piperazine rings is 1. The Bertz CT molecular complexity index is 883. The predicted molar refractivity (Wildman–Crippen MR) is 104 cm³/mol. The molecule has 0 unspecified atom stereocenters. The molecule has 2 heterocycles. The summed E-state index contributed by atoms with van der Waals surface area (Å²) in [6, 6.07) is 15.5. The van der Waals surface area contributed by atoms with Crippen LogP contribution in [-0.4, -0.2) is 52.0 Å². The second-order valence-electron chi connectivity index (χ2n) is 6.63. The van der Waals surface area contributed by atoms with Gasteiger partial charge < -0.3 is 5.11 Å². The zero-order valence-corrected chi connectivity index (χ0v) is 15.3. The second-order valence-corrected chi connectivity index (χ2v) is 7.75. The van der Waals surface area contributed by atoms with E-state index in [0.717, 1.165) is 50.3 Å². The number of thiazole rings is 1. The Labute approximate surface area is 156 Å². The average Bonchev–Trinajstić information content (AvgIpc) is 3.06. The monoisotopic (exact) mass is 367 g/mol. The lowest BCUT2D eigenvalue weighted by Crippen LogP contribution is -2.45. The summed E-state index contributed by atoms with van der Waals surface area (Å²) in [5.41, 5.74) is 2.51. The van der Waals surface area contributed by atoms with Crippen molar-refractivity contribution in [3.05, 3.63) is 64.7 Å². The number of carbonyl (C=O) groups is 1. The summed E-state index contributed by atoms with van der Waals surface area (Å²) in [6.45, 7) is 5.70. The number of aromatic nitrogens is 1. The summed E-state index contributed by atoms with van der Waals surface area (Å²) in [7, 11) is 0. The van der Waals surface area contributed by atoms with E-state index in [1.54, 1.807) is 23.5 Å². The standard InChI is InChI=1S/C20H21N3O2S/c24-20(25)16-5-3-4-15(12-16)13-22-8-10-23(11-9-22)14-19-21-17-6-1-2-7-18(17)26-19/h1-7,12H,8-11,13-14H2,(H,24,25). The third-order valence-electron chi connectivity index (χ3n) is 4.74. The van der Waals surface area contributed by atoms with E-state index >= 15 is 0 Å². The van der Waals surface area contributed by atoms with Gasteiger partial charge in [0.2, 0.25) is 0 Å². The number of para-hydroxylation sites is 1. The van der Waals surface area contributed by atoms with Crippen molar-refractivity contribution in [2.75, 3.05) is 26.2 Å². The fourth-order valence-corrected chi connectivity index (χ4v) is 4.36. The SMILES string of the molecule is O=C(O)c1cccc(CN2CCN(Cc3nc4ccccc4s3)CC2)c1. The molecule has 3 aromatic rings. The highest BCUT2D eigenvalue weighted by molar-refractivity contribution is 7.18.